The molecule has 1 aromatic rings. The third-order valence-electron chi connectivity index (χ3n) is 4.80. The molecule has 2 amide bonds. The van der Waals surface area contributed by atoms with Crippen molar-refractivity contribution in [2.45, 2.75) is 48.9 Å². The van der Waals surface area contributed by atoms with Crippen LogP contribution in [0.5, 0.6) is 0 Å². The smallest absolute Gasteiger partial charge is 0.254 e. The van der Waals surface area contributed by atoms with Gasteiger partial charge in [-0.05, 0) is 50.7 Å². The average molecular weight is 435 g/mol. The monoisotopic (exact) mass is 434 g/mol. The van der Waals surface area contributed by atoms with Crippen LogP contribution in [0.15, 0.2) is 23.4 Å². The molecule has 152 valence electrons. The van der Waals surface area contributed by atoms with Gasteiger partial charge in [-0.15, -0.1) is 24.8 Å². The molecule has 2 atom stereocenters. The van der Waals surface area contributed by atoms with Crippen molar-refractivity contribution < 1.29 is 9.59 Å². The summed E-state index contributed by atoms with van der Waals surface area (Å²) in [5.41, 5.74) is 6.56. The topological polar surface area (TPSA) is 88.3 Å². The van der Waals surface area contributed by atoms with Gasteiger partial charge in [0.05, 0.1) is 10.8 Å². The van der Waals surface area contributed by atoms with Gasteiger partial charge in [0.25, 0.3) is 5.91 Å². The lowest BCUT2D eigenvalue weighted by molar-refractivity contribution is -0.129. The van der Waals surface area contributed by atoms with Gasteiger partial charge in [0.15, 0.2) is 0 Å². The van der Waals surface area contributed by atoms with E-state index in [1.165, 1.54) is 11.8 Å². The highest BCUT2D eigenvalue weighted by molar-refractivity contribution is 8.00. The van der Waals surface area contributed by atoms with Crippen LogP contribution in [0.4, 0.5) is 0 Å². The normalized spacial score (nSPS) is 18.1. The van der Waals surface area contributed by atoms with Crippen molar-refractivity contribution in [3.05, 3.63) is 23.9 Å². The summed E-state index contributed by atoms with van der Waals surface area (Å²) in [7, 11) is 0. The summed E-state index contributed by atoms with van der Waals surface area (Å²) in [6, 6.07) is 3.51. The standard InChI is InChI=1S/C18H26N4O2S.2ClH/c1-12(18(24)22-9-2-3-10-22)25-17-14(5-4-8-20-17)16(23)21-11-15(19)13-6-7-13;;/h4-5,8,12-13,15H,2-3,6-7,9-11,19H2,1H3,(H,21,23);2*1H. The Labute approximate surface area is 177 Å². The van der Waals surface area contributed by atoms with E-state index in [9.17, 15) is 9.59 Å². The number of carbonyl (C=O) groups excluding carboxylic acids is 2. The lowest BCUT2D eigenvalue weighted by Gasteiger charge is -2.20. The van der Waals surface area contributed by atoms with E-state index in [-0.39, 0.29) is 47.9 Å². The number of nitrogens with two attached hydrogens (primary N) is 1. The molecule has 3 N–H and O–H groups in total. The number of halogens is 2. The molecule has 2 heterocycles. The van der Waals surface area contributed by atoms with Crippen LogP contribution in [-0.2, 0) is 4.79 Å². The molecule has 1 aliphatic heterocycles. The van der Waals surface area contributed by atoms with Crippen LogP contribution in [0.3, 0.4) is 0 Å². The summed E-state index contributed by atoms with van der Waals surface area (Å²) in [6.45, 7) is 4.02. The fourth-order valence-corrected chi connectivity index (χ4v) is 4.06. The molecule has 27 heavy (non-hydrogen) atoms. The van der Waals surface area contributed by atoms with E-state index in [2.05, 4.69) is 10.3 Å². The maximum absolute atomic E-state index is 12.5. The van der Waals surface area contributed by atoms with Crippen LogP contribution in [0.2, 0.25) is 0 Å². The third-order valence-corrected chi connectivity index (χ3v) is 5.90. The zero-order chi connectivity index (χ0) is 17.8. The van der Waals surface area contributed by atoms with Crippen LogP contribution in [-0.4, -0.2) is 52.6 Å². The van der Waals surface area contributed by atoms with E-state index >= 15 is 0 Å². The van der Waals surface area contributed by atoms with Crippen molar-refractivity contribution in [2.75, 3.05) is 19.6 Å². The van der Waals surface area contributed by atoms with E-state index in [1.54, 1.807) is 18.3 Å². The predicted molar refractivity (Wildman–Crippen MR) is 113 cm³/mol. The Morgan fingerprint density at radius 2 is 2.00 bits per heavy atom. The first kappa shape index (κ1) is 24.0. The van der Waals surface area contributed by atoms with E-state index in [0.29, 0.717) is 23.1 Å². The minimum atomic E-state index is -0.256. The molecule has 1 aromatic heterocycles. The van der Waals surface area contributed by atoms with E-state index in [1.807, 2.05) is 11.8 Å². The Bertz CT molecular complexity index is 640. The predicted octanol–water partition coefficient (Wildman–Crippen LogP) is 2.50. The molecular weight excluding hydrogens is 407 g/mol. The van der Waals surface area contributed by atoms with Gasteiger partial charge in [0.2, 0.25) is 5.91 Å². The molecule has 0 radical (unpaired) electrons. The summed E-state index contributed by atoms with van der Waals surface area (Å²) < 4.78 is 0. The number of amides is 2. The second kappa shape index (κ2) is 11.1. The van der Waals surface area contributed by atoms with Gasteiger partial charge in [-0.3, -0.25) is 9.59 Å². The van der Waals surface area contributed by atoms with Gasteiger partial charge in [-0.1, -0.05) is 11.8 Å². The Hall–Kier alpha value is -1.02. The highest BCUT2D eigenvalue weighted by Crippen LogP contribution is 2.31. The van der Waals surface area contributed by atoms with Gasteiger partial charge in [0.1, 0.15) is 5.03 Å². The van der Waals surface area contributed by atoms with Crippen LogP contribution in [0.25, 0.3) is 0 Å². The molecule has 3 rings (SSSR count). The summed E-state index contributed by atoms with van der Waals surface area (Å²) in [6.07, 6.45) is 6.10. The third kappa shape index (κ3) is 6.52. The van der Waals surface area contributed by atoms with Gasteiger partial charge in [0, 0.05) is 31.9 Å². The number of hydrogen-bond acceptors (Lipinski definition) is 5. The van der Waals surface area contributed by atoms with Gasteiger partial charge < -0.3 is 16.0 Å². The first-order chi connectivity index (χ1) is 12.1. The zero-order valence-corrected chi connectivity index (χ0v) is 17.9. The molecule has 2 unspecified atom stereocenters. The number of pyridine rings is 1. The van der Waals surface area contributed by atoms with Crippen LogP contribution >= 0.6 is 36.6 Å². The van der Waals surface area contributed by atoms with E-state index in [0.717, 1.165) is 38.8 Å². The fourth-order valence-electron chi connectivity index (χ4n) is 3.07. The second-order valence-corrected chi connectivity index (χ2v) is 8.19. The molecular formula is C18H28Cl2N4O2S. The Kier molecular flexibility index (Phi) is 9.87. The first-order valence-corrected chi connectivity index (χ1v) is 9.88. The average Bonchev–Trinajstić information content (AvgIpc) is 3.33. The zero-order valence-electron chi connectivity index (χ0n) is 15.4. The minimum absolute atomic E-state index is 0. The van der Waals surface area contributed by atoms with Crippen molar-refractivity contribution in [2.24, 2.45) is 11.7 Å². The molecule has 0 aromatic carbocycles. The number of nitrogens with one attached hydrogen (secondary N) is 1. The van der Waals surface area contributed by atoms with Crippen molar-refractivity contribution >= 4 is 48.4 Å². The number of likely N-dealkylation sites (tertiary alicyclic amines) is 1. The van der Waals surface area contributed by atoms with Gasteiger partial charge >= 0.3 is 0 Å². The number of rotatable bonds is 7. The minimum Gasteiger partial charge on any atom is -0.350 e. The summed E-state index contributed by atoms with van der Waals surface area (Å²) >= 11 is 1.35. The molecule has 6 nitrogen and oxygen atoms in total. The number of hydrogen-bond donors (Lipinski definition) is 2. The van der Waals surface area contributed by atoms with Crippen molar-refractivity contribution in [1.29, 1.82) is 0 Å². The quantitative estimate of drug-likeness (QED) is 0.643. The fraction of sp³-hybridized carbons (Fsp3) is 0.611. The molecule has 1 saturated heterocycles. The van der Waals surface area contributed by atoms with Crippen LogP contribution in [0.1, 0.15) is 43.0 Å². The Morgan fingerprint density at radius 3 is 2.63 bits per heavy atom. The largest absolute Gasteiger partial charge is 0.350 e. The van der Waals surface area contributed by atoms with E-state index in [4.69, 9.17) is 5.73 Å². The second-order valence-electron chi connectivity index (χ2n) is 6.86. The van der Waals surface area contributed by atoms with Gasteiger partial charge in [-0.25, -0.2) is 4.98 Å². The number of nitrogens with zero attached hydrogens (tertiary/aromatic N) is 2. The molecule has 1 saturated carbocycles. The van der Waals surface area contributed by atoms with Crippen molar-refractivity contribution in [1.82, 2.24) is 15.2 Å². The molecule has 2 aliphatic rings. The maximum Gasteiger partial charge on any atom is 0.254 e. The summed E-state index contributed by atoms with van der Waals surface area (Å²) in [4.78, 5) is 31.2. The molecule has 9 heteroatoms. The van der Waals surface area contributed by atoms with Crippen molar-refractivity contribution in [3.8, 4) is 0 Å². The summed E-state index contributed by atoms with van der Waals surface area (Å²) in [5.74, 6) is 0.490. The first-order valence-electron chi connectivity index (χ1n) is 9.00. The molecule has 2 fully saturated rings. The summed E-state index contributed by atoms with van der Waals surface area (Å²) in [5, 5.41) is 3.25. The van der Waals surface area contributed by atoms with E-state index < -0.39 is 0 Å². The Morgan fingerprint density at radius 1 is 1.33 bits per heavy atom. The molecule has 1 aliphatic carbocycles. The van der Waals surface area contributed by atoms with Crippen LogP contribution < -0.4 is 11.1 Å². The molecule has 0 bridgehead atoms. The van der Waals surface area contributed by atoms with Crippen molar-refractivity contribution in [3.63, 3.8) is 0 Å². The lowest BCUT2D eigenvalue weighted by atomic mass is 10.2. The SMILES string of the molecule is CC(Sc1ncccc1C(=O)NCC(N)C1CC1)C(=O)N1CCCC1.Cl.Cl. The van der Waals surface area contributed by atoms with Gasteiger partial charge in [-0.2, -0.15) is 0 Å². The maximum atomic E-state index is 12.5. The number of carbonyl (C=O) groups is 2. The highest BCUT2D eigenvalue weighted by atomic mass is 35.5. The number of aromatic nitrogens is 1. The lowest BCUT2D eigenvalue weighted by Crippen LogP contribution is -2.39. The highest BCUT2D eigenvalue weighted by Gasteiger charge is 2.29. The molecule has 0 spiro atoms. The van der Waals surface area contributed by atoms with Crippen LogP contribution in [0, 0.1) is 5.92 Å². The Balaban J connectivity index is 0.00000182. The number of thioether (sulfide) groups is 1.